The second-order valence-corrected chi connectivity index (χ2v) is 7.20. The van der Waals surface area contributed by atoms with Crippen molar-refractivity contribution in [2.75, 3.05) is 19.0 Å². The van der Waals surface area contributed by atoms with Gasteiger partial charge in [-0.05, 0) is 20.8 Å². The lowest BCUT2D eigenvalue weighted by Gasteiger charge is -2.17. The van der Waals surface area contributed by atoms with E-state index in [1.807, 2.05) is 0 Å². The molecule has 0 amide bonds. The molecule has 92 valence electrons. The Kier molecular flexibility index (Phi) is 8.25. The maximum atomic E-state index is 12.1. The van der Waals surface area contributed by atoms with Crippen LogP contribution < -0.4 is 0 Å². The summed E-state index contributed by atoms with van der Waals surface area (Å²) in [5, 5.41) is 8.62. The van der Waals surface area contributed by atoms with Crippen LogP contribution in [0, 0.1) is 17.2 Å². The molecular weight excluding hydrogens is 265 g/mol. The molecule has 1 atom stereocenters. The lowest BCUT2D eigenvalue weighted by Crippen LogP contribution is -2.04. The highest BCUT2D eigenvalue weighted by Gasteiger charge is 2.30. The van der Waals surface area contributed by atoms with Crippen molar-refractivity contribution < 1.29 is 13.6 Å². The first-order valence-electron chi connectivity index (χ1n) is 4.96. The summed E-state index contributed by atoms with van der Waals surface area (Å²) in [5.41, 5.74) is 0. The third kappa shape index (κ3) is 5.42. The minimum absolute atomic E-state index is 0.139. The van der Waals surface area contributed by atoms with Gasteiger partial charge in [-0.1, -0.05) is 12.2 Å². The second-order valence-electron chi connectivity index (χ2n) is 2.94. The molecule has 0 radical (unpaired) electrons. The Labute approximate surface area is 106 Å². The van der Waals surface area contributed by atoms with E-state index in [0.29, 0.717) is 5.75 Å². The minimum atomic E-state index is -3.29. The average molecular weight is 281 g/mol. The molecule has 0 heterocycles. The normalized spacial score (nSPS) is 13.1. The molecule has 0 aliphatic rings. The maximum Gasteiger partial charge on any atom is 0.378 e. The van der Waals surface area contributed by atoms with Crippen LogP contribution in [0.3, 0.4) is 0 Å². The van der Waals surface area contributed by atoms with Gasteiger partial charge in [0.15, 0.2) is 3.94 Å². The van der Waals surface area contributed by atoms with Crippen LogP contribution in [-0.4, -0.2) is 22.9 Å². The zero-order chi connectivity index (χ0) is 12.6. The molecule has 0 aliphatic carbocycles. The quantitative estimate of drug-likeness (QED) is 0.526. The monoisotopic (exact) mass is 281 g/mol. The first kappa shape index (κ1) is 16.1. The highest BCUT2D eigenvalue weighted by Crippen LogP contribution is 2.53. The number of thiocarbonyl (C=S) groups is 1. The van der Waals surface area contributed by atoms with Gasteiger partial charge in [0.05, 0.1) is 25.2 Å². The summed E-state index contributed by atoms with van der Waals surface area (Å²) in [6.07, 6.45) is 0. The highest BCUT2D eigenvalue weighted by atomic mass is 32.2. The van der Waals surface area contributed by atoms with Crippen LogP contribution in [0.4, 0.5) is 0 Å². The van der Waals surface area contributed by atoms with Crippen LogP contribution >= 0.6 is 31.6 Å². The lowest BCUT2D eigenvalue weighted by molar-refractivity contribution is 0.233. The Bertz CT molecular complexity index is 306. The van der Waals surface area contributed by atoms with Crippen LogP contribution in [-0.2, 0) is 13.6 Å². The maximum absolute atomic E-state index is 12.1. The smallest absolute Gasteiger partial charge is 0.305 e. The van der Waals surface area contributed by atoms with Gasteiger partial charge in [0.2, 0.25) is 0 Å². The van der Waals surface area contributed by atoms with Crippen molar-refractivity contribution in [3.05, 3.63) is 0 Å². The Hall–Kier alpha value is 0.0800. The van der Waals surface area contributed by atoms with Crippen molar-refractivity contribution in [3.63, 3.8) is 0 Å². The van der Waals surface area contributed by atoms with Crippen molar-refractivity contribution in [2.24, 2.45) is 5.92 Å². The van der Waals surface area contributed by atoms with Gasteiger partial charge in [-0.2, -0.15) is 5.26 Å². The molecule has 0 fully saturated rings. The van der Waals surface area contributed by atoms with Gasteiger partial charge in [-0.25, -0.2) is 0 Å². The van der Waals surface area contributed by atoms with Crippen LogP contribution in [0.2, 0.25) is 0 Å². The molecule has 0 rings (SSSR count). The summed E-state index contributed by atoms with van der Waals surface area (Å²) in [6, 6.07) is 2.08. The third-order valence-corrected chi connectivity index (χ3v) is 6.14. The molecule has 0 aromatic heterocycles. The summed E-state index contributed by atoms with van der Waals surface area (Å²) in [4.78, 5) is 0. The molecule has 4 nitrogen and oxygen atoms in total. The Balaban J connectivity index is 4.40. The molecular formula is C9H16NO3PS2. The van der Waals surface area contributed by atoms with Gasteiger partial charge in [-0.15, -0.1) is 11.8 Å². The Morgan fingerprint density at radius 3 is 2.38 bits per heavy atom. The molecule has 0 saturated carbocycles. The molecule has 0 bridgehead atoms. The van der Waals surface area contributed by atoms with Gasteiger partial charge >= 0.3 is 7.60 Å². The molecule has 0 aliphatic heterocycles. The van der Waals surface area contributed by atoms with E-state index in [2.05, 4.69) is 6.07 Å². The Morgan fingerprint density at radius 1 is 1.50 bits per heavy atom. The molecule has 1 unspecified atom stereocenters. The van der Waals surface area contributed by atoms with Gasteiger partial charge in [0.25, 0.3) is 0 Å². The summed E-state index contributed by atoms with van der Waals surface area (Å²) in [5.74, 6) is 0.360. The van der Waals surface area contributed by atoms with Gasteiger partial charge in [-0.3, -0.25) is 4.57 Å². The van der Waals surface area contributed by atoms with E-state index in [0.717, 1.165) is 0 Å². The number of nitriles is 1. The van der Waals surface area contributed by atoms with Gasteiger partial charge in [0.1, 0.15) is 0 Å². The molecule has 0 N–H and O–H groups in total. The molecule has 16 heavy (non-hydrogen) atoms. The Morgan fingerprint density at radius 2 is 2.00 bits per heavy atom. The van der Waals surface area contributed by atoms with Gasteiger partial charge in [0, 0.05) is 5.75 Å². The van der Waals surface area contributed by atoms with Crippen LogP contribution in [0.1, 0.15) is 20.8 Å². The van der Waals surface area contributed by atoms with Crippen molar-refractivity contribution in [1.82, 2.24) is 0 Å². The molecule has 0 saturated heterocycles. The number of hydrogen-bond acceptors (Lipinski definition) is 6. The number of rotatable bonds is 7. The summed E-state index contributed by atoms with van der Waals surface area (Å²) >= 11 is 6.22. The standard InChI is InChI=1S/C9H16NO3PS2/c1-4-12-14(11,13-5-2)9(15)16-7-8(3)6-10/h8H,4-5,7H2,1-3H3. The molecule has 0 aromatic carbocycles. The van der Waals surface area contributed by atoms with E-state index in [4.69, 9.17) is 26.5 Å². The fourth-order valence-electron chi connectivity index (χ4n) is 0.795. The topological polar surface area (TPSA) is 59.3 Å². The van der Waals surface area contributed by atoms with Gasteiger partial charge < -0.3 is 9.05 Å². The van der Waals surface area contributed by atoms with Crippen molar-refractivity contribution in [3.8, 4) is 6.07 Å². The van der Waals surface area contributed by atoms with E-state index in [1.54, 1.807) is 20.8 Å². The van der Waals surface area contributed by atoms with E-state index < -0.39 is 7.60 Å². The van der Waals surface area contributed by atoms with Crippen LogP contribution in [0.5, 0.6) is 0 Å². The number of nitrogens with zero attached hydrogens (tertiary/aromatic N) is 1. The zero-order valence-electron chi connectivity index (χ0n) is 9.63. The van der Waals surface area contributed by atoms with E-state index in [-0.39, 0.29) is 23.1 Å². The third-order valence-electron chi connectivity index (χ3n) is 1.50. The minimum Gasteiger partial charge on any atom is -0.305 e. The molecule has 7 heteroatoms. The largest absolute Gasteiger partial charge is 0.378 e. The number of hydrogen-bond donors (Lipinski definition) is 0. The first-order valence-corrected chi connectivity index (χ1v) is 7.89. The predicted molar refractivity (Wildman–Crippen MR) is 70.7 cm³/mol. The van der Waals surface area contributed by atoms with Crippen molar-refractivity contribution in [1.29, 1.82) is 5.26 Å². The first-order chi connectivity index (χ1) is 7.50. The lowest BCUT2D eigenvalue weighted by atomic mass is 10.3. The average Bonchev–Trinajstić information content (AvgIpc) is 2.25. The predicted octanol–water partition coefficient (Wildman–Crippen LogP) is 3.43. The summed E-state index contributed by atoms with van der Waals surface area (Å²) in [6.45, 7) is 5.81. The highest BCUT2D eigenvalue weighted by molar-refractivity contribution is 8.35. The molecule has 0 spiro atoms. The van der Waals surface area contributed by atoms with E-state index in [1.165, 1.54) is 11.8 Å². The van der Waals surface area contributed by atoms with Crippen LogP contribution in [0.15, 0.2) is 0 Å². The second kappa shape index (κ2) is 8.21. The van der Waals surface area contributed by atoms with E-state index in [9.17, 15) is 4.57 Å². The van der Waals surface area contributed by atoms with Crippen molar-refractivity contribution in [2.45, 2.75) is 20.8 Å². The summed E-state index contributed by atoms with van der Waals surface area (Å²) < 4.78 is 22.5. The zero-order valence-corrected chi connectivity index (χ0v) is 12.2. The SMILES string of the molecule is CCOP(=O)(OCC)C(=S)SCC(C)C#N. The fraction of sp³-hybridized carbons (Fsp3) is 0.778. The van der Waals surface area contributed by atoms with Crippen molar-refractivity contribution >= 4 is 35.5 Å². The summed E-state index contributed by atoms with van der Waals surface area (Å²) in [7, 11) is -3.29. The number of thioether (sulfide) groups is 1. The van der Waals surface area contributed by atoms with E-state index >= 15 is 0 Å². The van der Waals surface area contributed by atoms with Crippen LogP contribution in [0.25, 0.3) is 0 Å². The fourth-order valence-corrected chi connectivity index (χ4v) is 3.92. The molecule has 0 aromatic rings.